The summed E-state index contributed by atoms with van der Waals surface area (Å²) >= 11 is 0. The average Bonchev–Trinajstić information content (AvgIpc) is 2.61. The van der Waals surface area contributed by atoms with E-state index in [2.05, 4.69) is 17.6 Å². The molecule has 2 amide bonds. The van der Waals surface area contributed by atoms with Crippen LogP contribution in [0.25, 0.3) is 0 Å². The van der Waals surface area contributed by atoms with Crippen LogP contribution in [0.3, 0.4) is 0 Å². The van der Waals surface area contributed by atoms with Crippen LogP contribution in [-0.4, -0.2) is 24.2 Å². The standard InChI is InChI=1S/C22H28N2O4/c1-6-16-7-10-18(11-8-16)27-14-20(25)24-19-12-9-17(13-15(19)2)23-21(26)28-22(3,4)5/h7-13H,6,14H2,1-5H3,(H,23,26)(H,24,25). The second-order valence-electron chi connectivity index (χ2n) is 7.49. The number of ether oxygens (including phenoxy) is 2. The number of amides is 2. The fraction of sp³-hybridized carbons (Fsp3) is 0.364. The summed E-state index contributed by atoms with van der Waals surface area (Å²) in [5, 5.41) is 5.49. The maximum Gasteiger partial charge on any atom is 0.412 e. The summed E-state index contributed by atoms with van der Waals surface area (Å²) in [6, 6.07) is 12.9. The van der Waals surface area contributed by atoms with E-state index in [0.717, 1.165) is 12.0 Å². The van der Waals surface area contributed by atoms with E-state index in [4.69, 9.17) is 9.47 Å². The summed E-state index contributed by atoms with van der Waals surface area (Å²) in [7, 11) is 0. The fourth-order valence-corrected chi connectivity index (χ4v) is 2.46. The van der Waals surface area contributed by atoms with Gasteiger partial charge in [0.15, 0.2) is 6.61 Å². The lowest BCUT2D eigenvalue weighted by Crippen LogP contribution is -2.27. The van der Waals surface area contributed by atoms with Gasteiger partial charge < -0.3 is 14.8 Å². The fourth-order valence-electron chi connectivity index (χ4n) is 2.46. The number of rotatable bonds is 6. The molecule has 6 nitrogen and oxygen atoms in total. The van der Waals surface area contributed by atoms with Gasteiger partial charge in [0.1, 0.15) is 11.4 Å². The monoisotopic (exact) mass is 384 g/mol. The number of carbonyl (C=O) groups excluding carboxylic acids is 2. The van der Waals surface area contributed by atoms with Crippen LogP contribution >= 0.6 is 0 Å². The number of aryl methyl sites for hydroxylation is 2. The molecular formula is C22H28N2O4. The second kappa shape index (κ2) is 9.26. The van der Waals surface area contributed by atoms with Crippen molar-refractivity contribution in [2.24, 2.45) is 0 Å². The number of anilines is 2. The number of hydrogen-bond donors (Lipinski definition) is 2. The molecule has 0 saturated heterocycles. The van der Waals surface area contributed by atoms with E-state index in [1.165, 1.54) is 5.56 Å². The molecule has 2 rings (SSSR count). The Hall–Kier alpha value is -3.02. The molecule has 0 bridgehead atoms. The van der Waals surface area contributed by atoms with Gasteiger partial charge in [0.25, 0.3) is 5.91 Å². The van der Waals surface area contributed by atoms with E-state index in [0.29, 0.717) is 17.1 Å². The van der Waals surface area contributed by atoms with Crippen LogP contribution in [0.1, 0.15) is 38.8 Å². The highest BCUT2D eigenvalue weighted by Crippen LogP contribution is 2.21. The summed E-state index contributed by atoms with van der Waals surface area (Å²) in [6.07, 6.45) is 0.435. The van der Waals surface area contributed by atoms with Crippen LogP contribution in [0.5, 0.6) is 5.75 Å². The molecule has 2 N–H and O–H groups in total. The molecule has 0 aliphatic rings. The van der Waals surface area contributed by atoms with Crippen LogP contribution in [0.15, 0.2) is 42.5 Å². The average molecular weight is 384 g/mol. The molecule has 0 aliphatic heterocycles. The topological polar surface area (TPSA) is 76.7 Å². The predicted molar refractivity (Wildman–Crippen MR) is 111 cm³/mol. The van der Waals surface area contributed by atoms with Crippen molar-refractivity contribution in [2.45, 2.75) is 46.6 Å². The first kappa shape index (κ1) is 21.3. The maximum atomic E-state index is 12.2. The molecule has 0 unspecified atom stereocenters. The molecule has 2 aromatic carbocycles. The van der Waals surface area contributed by atoms with Crippen LogP contribution in [0.4, 0.5) is 16.2 Å². The maximum absolute atomic E-state index is 12.2. The van der Waals surface area contributed by atoms with Crippen molar-refractivity contribution >= 4 is 23.4 Å². The summed E-state index contributed by atoms with van der Waals surface area (Å²) in [5.41, 5.74) is 2.72. The molecule has 0 radical (unpaired) electrons. The van der Waals surface area contributed by atoms with Gasteiger partial charge in [-0.25, -0.2) is 4.79 Å². The van der Waals surface area contributed by atoms with Gasteiger partial charge in [0, 0.05) is 11.4 Å². The molecule has 150 valence electrons. The molecule has 28 heavy (non-hydrogen) atoms. The largest absolute Gasteiger partial charge is 0.484 e. The number of carbonyl (C=O) groups is 2. The molecule has 0 fully saturated rings. The highest BCUT2D eigenvalue weighted by atomic mass is 16.6. The predicted octanol–water partition coefficient (Wildman–Crippen LogP) is 4.92. The lowest BCUT2D eigenvalue weighted by molar-refractivity contribution is -0.118. The van der Waals surface area contributed by atoms with Gasteiger partial charge in [-0.05, 0) is 75.6 Å². The van der Waals surface area contributed by atoms with Gasteiger partial charge in [-0.2, -0.15) is 0 Å². The molecule has 0 saturated carbocycles. The Morgan fingerprint density at radius 1 is 1.00 bits per heavy atom. The van der Waals surface area contributed by atoms with Crippen molar-refractivity contribution in [2.75, 3.05) is 17.2 Å². The first-order valence-corrected chi connectivity index (χ1v) is 9.28. The lowest BCUT2D eigenvalue weighted by atomic mass is 10.1. The van der Waals surface area contributed by atoms with Gasteiger partial charge >= 0.3 is 6.09 Å². The van der Waals surface area contributed by atoms with Gasteiger partial charge in [-0.3, -0.25) is 10.1 Å². The zero-order chi connectivity index (χ0) is 20.7. The molecule has 0 atom stereocenters. The van der Waals surface area contributed by atoms with Crippen molar-refractivity contribution < 1.29 is 19.1 Å². The van der Waals surface area contributed by atoms with E-state index < -0.39 is 11.7 Å². The Morgan fingerprint density at radius 2 is 1.68 bits per heavy atom. The Balaban J connectivity index is 1.89. The Bertz CT molecular complexity index is 823. The van der Waals surface area contributed by atoms with Gasteiger partial charge in [-0.15, -0.1) is 0 Å². The minimum Gasteiger partial charge on any atom is -0.484 e. The van der Waals surface area contributed by atoms with Gasteiger partial charge in [0.2, 0.25) is 0 Å². The summed E-state index contributed by atoms with van der Waals surface area (Å²) in [4.78, 5) is 24.0. The quantitative estimate of drug-likeness (QED) is 0.741. The molecule has 0 aliphatic carbocycles. The normalized spacial score (nSPS) is 10.9. The SMILES string of the molecule is CCc1ccc(OCC(=O)Nc2ccc(NC(=O)OC(C)(C)C)cc2C)cc1. The number of hydrogen-bond acceptors (Lipinski definition) is 4. The Labute approximate surface area is 166 Å². The van der Waals surface area contributed by atoms with E-state index in [9.17, 15) is 9.59 Å². The first-order valence-electron chi connectivity index (χ1n) is 9.28. The summed E-state index contributed by atoms with van der Waals surface area (Å²) in [6.45, 7) is 9.26. The smallest absolute Gasteiger partial charge is 0.412 e. The zero-order valence-electron chi connectivity index (χ0n) is 17.1. The first-order chi connectivity index (χ1) is 13.2. The van der Waals surface area contributed by atoms with Crippen molar-refractivity contribution in [3.63, 3.8) is 0 Å². The Morgan fingerprint density at radius 3 is 2.25 bits per heavy atom. The van der Waals surface area contributed by atoms with E-state index in [-0.39, 0.29) is 12.5 Å². The van der Waals surface area contributed by atoms with Crippen molar-refractivity contribution in [3.8, 4) is 5.75 Å². The lowest BCUT2D eigenvalue weighted by Gasteiger charge is -2.20. The highest BCUT2D eigenvalue weighted by Gasteiger charge is 2.16. The van der Waals surface area contributed by atoms with Crippen LogP contribution in [0.2, 0.25) is 0 Å². The minimum absolute atomic E-state index is 0.0805. The Kier molecular flexibility index (Phi) is 7.04. The third-order valence-corrected chi connectivity index (χ3v) is 3.85. The summed E-state index contributed by atoms with van der Waals surface area (Å²) < 4.78 is 10.7. The molecular weight excluding hydrogens is 356 g/mol. The molecule has 2 aromatic rings. The van der Waals surface area contributed by atoms with E-state index >= 15 is 0 Å². The molecule has 0 aromatic heterocycles. The molecule has 0 spiro atoms. The minimum atomic E-state index is -0.566. The van der Waals surface area contributed by atoms with Gasteiger partial charge in [-0.1, -0.05) is 19.1 Å². The van der Waals surface area contributed by atoms with Crippen LogP contribution in [-0.2, 0) is 16.0 Å². The van der Waals surface area contributed by atoms with Crippen LogP contribution < -0.4 is 15.4 Å². The van der Waals surface area contributed by atoms with Crippen molar-refractivity contribution in [1.82, 2.24) is 0 Å². The van der Waals surface area contributed by atoms with E-state index in [1.807, 2.05) is 31.2 Å². The van der Waals surface area contributed by atoms with Crippen molar-refractivity contribution in [3.05, 3.63) is 53.6 Å². The second-order valence-corrected chi connectivity index (χ2v) is 7.49. The van der Waals surface area contributed by atoms with E-state index in [1.54, 1.807) is 39.0 Å². The third kappa shape index (κ3) is 6.95. The molecule has 0 heterocycles. The molecule has 6 heteroatoms. The van der Waals surface area contributed by atoms with Crippen LogP contribution in [0, 0.1) is 6.92 Å². The third-order valence-electron chi connectivity index (χ3n) is 3.85. The summed E-state index contributed by atoms with van der Waals surface area (Å²) in [5.74, 6) is 0.400. The van der Waals surface area contributed by atoms with Gasteiger partial charge in [0.05, 0.1) is 0 Å². The highest BCUT2D eigenvalue weighted by molar-refractivity contribution is 5.93. The number of nitrogens with one attached hydrogen (secondary N) is 2. The zero-order valence-corrected chi connectivity index (χ0v) is 17.1. The number of benzene rings is 2. The van der Waals surface area contributed by atoms with Crippen molar-refractivity contribution in [1.29, 1.82) is 0 Å².